The van der Waals surface area contributed by atoms with Crippen molar-refractivity contribution in [1.82, 2.24) is 0 Å². The van der Waals surface area contributed by atoms with Gasteiger partial charge in [-0.05, 0) is 27.1 Å². The standard InChI is InChI=1S/C28H24O3/c29-23(17-18-28(31)27-14-6-10-21-8-2-4-13-26(21)27)15-16-24(30)19-22-11-5-9-20-7-1-3-12-25(20)22/h1-14H,15-19H2. The van der Waals surface area contributed by atoms with Crippen LogP contribution < -0.4 is 0 Å². The van der Waals surface area contributed by atoms with Gasteiger partial charge in [0.1, 0.15) is 11.6 Å². The van der Waals surface area contributed by atoms with Crippen LogP contribution in [-0.4, -0.2) is 17.3 Å². The highest BCUT2D eigenvalue weighted by atomic mass is 16.1. The van der Waals surface area contributed by atoms with E-state index >= 15 is 0 Å². The van der Waals surface area contributed by atoms with Gasteiger partial charge in [0.2, 0.25) is 0 Å². The summed E-state index contributed by atoms with van der Waals surface area (Å²) in [5.74, 6) is -0.0304. The van der Waals surface area contributed by atoms with Crippen molar-refractivity contribution < 1.29 is 14.4 Å². The van der Waals surface area contributed by atoms with Crippen LogP contribution in [0.15, 0.2) is 84.9 Å². The Kier molecular flexibility index (Phi) is 6.32. The van der Waals surface area contributed by atoms with Crippen LogP contribution in [0.1, 0.15) is 41.6 Å². The van der Waals surface area contributed by atoms with Gasteiger partial charge in [-0.2, -0.15) is 0 Å². The lowest BCUT2D eigenvalue weighted by atomic mass is 9.96. The molecule has 3 nitrogen and oxygen atoms in total. The number of hydrogen-bond acceptors (Lipinski definition) is 3. The summed E-state index contributed by atoms with van der Waals surface area (Å²) in [4.78, 5) is 37.4. The summed E-state index contributed by atoms with van der Waals surface area (Å²) < 4.78 is 0. The van der Waals surface area contributed by atoms with E-state index in [1.54, 1.807) is 0 Å². The number of Topliss-reactive ketones (excluding diaryl/α,β-unsaturated/α-hetero) is 3. The number of ketones is 3. The molecule has 0 amide bonds. The second-order valence-corrected chi connectivity index (χ2v) is 7.84. The number of carbonyl (C=O) groups is 3. The fourth-order valence-electron chi connectivity index (χ4n) is 4.01. The molecule has 0 radical (unpaired) electrons. The molecule has 0 N–H and O–H groups in total. The van der Waals surface area contributed by atoms with Crippen molar-refractivity contribution in [2.75, 3.05) is 0 Å². The Bertz CT molecular complexity index is 1260. The second-order valence-electron chi connectivity index (χ2n) is 7.84. The van der Waals surface area contributed by atoms with Crippen LogP contribution in [0.25, 0.3) is 21.5 Å². The van der Waals surface area contributed by atoms with Gasteiger partial charge >= 0.3 is 0 Å². The Morgan fingerprint density at radius 3 is 1.84 bits per heavy atom. The molecule has 4 aromatic rings. The van der Waals surface area contributed by atoms with E-state index in [1.165, 1.54) is 0 Å². The van der Waals surface area contributed by atoms with Crippen molar-refractivity contribution in [3.63, 3.8) is 0 Å². The van der Waals surface area contributed by atoms with Gasteiger partial charge in [-0.1, -0.05) is 84.9 Å². The summed E-state index contributed by atoms with van der Waals surface area (Å²) in [7, 11) is 0. The van der Waals surface area contributed by atoms with Gasteiger partial charge in [-0.25, -0.2) is 0 Å². The first-order chi connectivity index (χ1) is 15.1. The van der Waals surface area contributed by atoms with Gasteiger partial charge in [-0.15, -0.1) is 0 Å². The molecule has 31 heavy (non-hydrogen) atoms. The Morgan fingerprint density at radius 2 is 1.06 bits per heavy atom. The van der Waals surface area contributed by atoms with Gasteiger partial charge in [0.15, 0.2) is 5.78 Å². The minimum atomic E-state index is -0.0418. The first-order valence-corrected chi connectivity index (χ1v) is 10.6. The largest absolute Gasteiger partial charge is 0.300 e. The highest BCUT2D eigenvalue weighted by molar-refractivity contribution is 6.09. The lowest BCUT2D eigenvalue weighted by Crippen LogP contribution is -2.09. The maximum absolute atomic E-state index is 12.6. The minimum Gasteiger partial charge on any atom is -0.300 e. The molecule has 0 aliphatic heterocycles. The molecule has 0 heterocycles. The quantitative estimate of drug-likeness (QED) is 0.314. The summed E-state index contributed by atoms with van der Waals surface area (Å²) in [5, 5.41) is 4.10. The zero-order valence-electron chi connectivity index (χ0n) is 17.3. The molecule has 0 atom stereocenters. The van der Waals surface area contributed by atoms with Crippen molar-refractivity contribution in [3.05, 3.63) is 96.1 Å². The van der Waals surface area contributed by atoms with Crippen molar-refractivity contribution in [2.24, 2.45) is 0 Å². The average Bonchev–Trinajstić information content (AvgIpc) is 2.81. The van der Waals surface area contributed by atoms with Crippen molar-refractivity contribution >= 4 is 38.9 Å². The molecule has 0 bridgehead atoms. The molecule has 0 aliphatic rings. The summed E-state index contributed by atoms with van der Waals surface area (Å²) >= 11 is 0. The summed E-state index contributed by atoms with van der Waals surface area (Å²) in [6.45, 7) is 0. The summed E-state index contributed by atoms with van der Waals surface area (Å²) in [6.07, 6.45) is 1.06. The smallest absolute Gasteiger partial charge is 0.163 e. The van der Waals surface area contributed by atoms with Crippen LogP contribution >= 0.6 is 0 Å². The lowest BCUT2D eigenvalue weighted by Gasteiger charge is -2.07. The van der Waals surface area contributed by atoms with Crippen molar-refractivity contribution in [1.29, 1.82) is 0 Å². The maximum atomic E-state index is 12.6. The number of benzene rings is 4. The Morgan fingerprint density at radius 1 is 0.516 bits per heavy atom. The van der Waals surface area contributed by atoms with E-state index in [1.807, 2.05) is 84.9 Å². The van der Waals surface area contributed by atoms with E-state index in [0.29, 0.717) is 12.0 Å². The van der Waals surface area contributed by atoms with E-state index < -0.39 is 0 Å². The van der Waals surface area contributed by atoms with E-state index in [9.17, 15) is 14.4 Å². The predicted molar refractivity (Wildman–Crippen MR) is 124 cm³/mol. The number of fused-ring (bicyclic) bond motifs is 2. The number of carbonyl (C=O) groups excluding carboxylic acids is 3. The molecule has 154 valence electrons. The predicted octanol–water partition coefficient (Wildman–Crippen LogP) is 6.12. The zero-order valence-corrected chi connectivity index (χ0v) is 17.3. The maximum Gasteiger partial charge on any atom is 0.163 e. The number of rotatable bonds is 9. The topological polar surface area (TPSA) is 51.2 Å². The lowest BCUT2D eigenvalue weighted by molar-refractivity contribution is -0.123. The minimum absolute atomic E-state index is 0.0350. The third kappa shape index (κ3) is 4.95. The Hall–Kier alpha value is -3.59. The van der Waals surface area contributed by atoms with Gasteiger partial charge < -0.3 is 0 Å². The second kappa shape index (κ2) is 9.48. The van der Waals surface area contributed by atoms with Crippen LogP contribution in [0, 0.1) is 0 Å². The summed E-state index contributed by atoms with van der Waals surface area (Å²) in [5.41, 5.74) is 1.64. The molecular weight excluding hydrogens is 384 g/mol. The van der Waals surface area contributed by atoms with E-state index in [0.717, 1.165) is 27.1 Å². The van der Waals surface area contributed by atoms with Crippen LogP contribution in [0.5, 0.6) is 0 Å². The van der Waals surface area contributed by atoms with E-state index in [-0.39, 0.29) is 43.0 Å². The molecule has 4 rings (SSSR count). The van der Waals surface area contributed by atoms with Crippen LogP contribution in [0.2, 0.25) is 0 Å². The van der Waals surface area contributed by atoms with E-state index in [4.69, 9.17) is 0 Å². The Labute approximate surface area is 181 Å². The van der Waals surface area contributed by atoms with Gasteiger partial charge in [-0.3, -0.25) is 14.4 Å². The molecule has 0 saturated carbocycles. The third-order valence-corrected chi connectivity index (χ3v) is 5.67. The third-order valence-electron chi connectivity index (χ3n) is 5.67. The average molecular weight is 408 g/mol. The molecule has 0 fully saturated rings. The first kappa shape index (κ1) is 20.7. The van der Waals surface area contributed by atoms with Gasteiger partial charge in [0.05, 0.1) is 0 Å². The zero-order chi connectivity index (χ0) is 21.6. The van der Waals surface area contributed by atoms with Gasteiger partial charge in [0.25, 0.3) is 0 Å². The molecule has 0 saturated heterocycles. The molecule has 0 aliphatic carbocycles. The molecule has 0 spiro atoms. The fraction of sp³-hybridized carbons (Fsp3) is 0.179. The van der Waals surface area contributed by atoms with E-state index in [2.05, 4.69) is 0 Å². The number of hydrogen-bond donors (Lipinski definition) is 0. The normalized spacial score (nSPS) is 11.0. The molecular formula is C28H24O3. The molecule has 3 heteroatoms. The monoisotopic (exact) mass is 408 g/mol. The highest BCUT2D eigenvalue weighted by Crippen LogP contribution is 2.21. The van der Waals surface area contributed by atoms with Crippen LogP contribution in [0.3, 0.4) is 0 Å². The van der Waals surface area contributed by atoms with Crippen LogP contribution in [-0.2, 0) is 16.0 Å². The molecule has 0 unspecified atom stereocenters. The first-order valence-electron chi connectivity index (χ1n) is 10.6. The van der Waals surface area contributed by atoms with Crippen molar-refractivity contribution in [3.8, 4) is 0 Å². The molecule has 0 aromatic heterocycles. The Balaban J connectivity index is 1.30. The highest BCUT2D eigenvalue weighted by Gasteiger charge is 2.14. The molecule has 4 aromatic carbocycles. The SMILES string of the molecule is O=C(CCC(=O)Cc1cccc2ccccc12)CCC(=O)c1cccc2ccccc12. The summed E-state index contributed by atoms with van der Waals surface area (Å²) in [6, 6.07) is 27.3. The fourth-order valence-corrected chi connectivity index (χ4v) is 4.01. The van der Waals surface area contributed by atoms with Crippen LogP contribution in [0.4, 0.5) is 0 Å². The van der Waals surface area contributed by atoms with Crippen molar-refractivity contribution in [2.45, 2.75) is 32.1 Å². The van der Waals surface area contributed by atoms with Gasteiger partial charge in [0, 0.05) is 37.7 Å².